The average molecular weight is 352 g/mol. The number of hydrogen-bond donors (Lipinski definition) is 0. The smallest absolute Gasteiger partial charge is 0.163 e. The number of nitrogens with zero attached hydrogens (tertiary/aromatic N) is 5. The number of fused-ring (bicyclic) bond motifs is 1. The minimum absolute atomic E-state index is 0.331. The lowest BCUT2D eigenvalue weighted by molar-refractivity contribution is 0.414. The van der Waals surface area contributed by atoms with Gasteiger partial charge < -0.3 is 4.74 Å². The molecule has 0 bridgehead atoms. The molecule has 0 aliphatic heterocycles. The Balaban J connectivity index is 1.68. The first-order valence-electron chi connectivity index (χ1n) is 7.67. The maximum atomic E-state index is 6.30. The number of aromatic nitrogens is 5. The first kappa shape index (κ1) is 15.5. The Hall–Kier alpha value is -2.99. The summed E-state index contributed by atoms with van der Waals surface area (Å²) in [6, 6.07) is 11.6. The fourth-order valence-electron chi connectivity index (χ4n) is 2.55. The van der Waals surface area contributed by atoms with Crippen LogP contribution in [0.2, 0.25) is 5.15 Å². The van der Waals surface area contributed by atoms with E-state index in [1.165, 1.54) is 0 Å². The molecule has 0 fully saturated rings. The third-order valence-electron chi connectivity index (χ3n) is 3.79. The zero-order valence-corrected chi connectivity index (χ0v) is 14.2. The van der Waals surface area contributed by atoms with Crippen LogP contribution < -0.4 is 4.74 Å². The number of halogens is 1. The second kappa shape index (κ2) is 6.49. The van der Waals surface area contributed by atoms with Crippen LogP contribution in [0, 0.1) is 0 Å². The van der Waals surface area contributed by atoms with Gasteiger partial charge in [-0.3, -0.25) is 9.67 Å². The number of pyridine rings is 1. The van der Waals surface area contributed by atoms with Gasteiger partial charge in [0, 0.05) is 18.0 Å². The van der Waals surface area contributed by atoms with E-state index in [9.17, 15) is 0 Å². The van der Waals surface area contributed by atoms with Crippen LogP contribution >= 0.6 is 11.6 Å². The van der Waals surface area contributed by atoms with Gasteiger partial charge in [0.15, 0.2) is 11.0 Å². The van der Waals surface area contributed by atoms with Crippen LogP contribution in [-0.2, 0) is 6.54 Å². The summed E-state index contributed by atoms with van der Waals surface area (Å²) in [4.78, 5) is 13.0. The Morgan fingerprint density at radius 3 is 2.68 bits per heavy atom. The molecular weight excluding hydrogens is 338 g/mol. The van der Waals surface area contributed by atoms with Gasteiger partial charge in [-0.2, -0.15) is 5.10 Å². The number of hydrogen-bond acceptors (Lipinski definition) is 5. The van der Waals surface area contributed by atoms with Crippen LogP contribution in [0.1, 0.15) is 5.56 Å². The van der Waals surface area contributed by atoms with E-state index in [0.29, 0.717) is 28.6 Å². The summed E-state index contributed by atoms with van der Waals surface area (Å²) in [5.74, 6) is 1.36. The predicted molar refractivity (Wildman–Crippen MR) is 95.7 cm³/mol. The van der Waals surface area contributed by atoms with Crippen LogP contribution in [0.25, 0.3) is 22.4 Å². The third-order valence-corrected chi connectivity index (χ3v) is 4.06. The van der Waals surface area contributed by atoms with E-state index in [1.54, 1.807) is 24.2 Å². The molecule has 0 amide bonds. The van der Waals surface area contributed by atoms with Crippen molar-refractivity contribution in [2.24, 2.45) is 0 Å². The maximum absolute atomic E-state index is 6.30. The minimum atomic E-state index is 0.331. The summed E-state index contributed by atoms with van der Waals surface area (Å²) < 4.78 is 6.98. The van der Waals surface area contributed by atoms with Crippen molar-refractivity contribution < 1.29 is 4.74 Å². The Labute approximate surface area is 149 Å². The molecule has 0 radical (unpaired) electrons. The molecule has 0 aliphatic rings. The summed E-state index contributed by atoms with van der Waals surface area (Å²) in [5.41, 5.74) is 3.20. The lowest BCUT2D eigenvalue weighted by Gasteiger charge is -2.03. The normalized spacial score (nSPS) is 11.0. The largest absolute Gasteiger partial charge is 0.497 e. The Morgan fingerprint density at radius 2 is 1.96 bits per heavy atom. The molecule has 0 N–H and O–H groups in total. The zero-order valence-electron chi connectivity index (χ0n) is 13.4. The van der Waals surface area contributed by atoms with Crippen LogP contribution in [0.15, 0.2) is 55.0 Å². The van der Waals surface area contributed by atoms with Crippen molar-refractivity contribution >= 4 is 22.6 Å². The molecule has 1 aromatic carbocycles. The standard InChI is InChI=1S/C18H14ClN5O/c1-25-14-6-4-12(5-7-14)10-24-11-15-16(23-24)17(19)22-18(21-15)13-3-2-8-20-9-13/h2-9,11H,10H2,1H3. The first-order chi connectivity index (χ1) is 12.2. The molecule has 25 heavy (non-hydrogen) atoms. The van der Waals surface area contributed by atoms with Gasteiger partial charge in [-0.05, 0) is 29.8 Å². The average Bonchev–Trinajstić information content (AvgIpc) is 3.06. The Bertz CT molecular complexity index is 1020. The minimum Gasteiger partial charge on any atom is -0.497 e. The lowest BCUT2D eigenvalue weighted by atomic mass is 10.2. The Kier molecular flexibility index (Phi) is 4.03. The highest BCUT2D eigenvalue weighted by Gasteiger charge is 2.12. The van der Waals surface area contributed by atoms with E-state index in [4.69, 9.17) is 16.3 Å². The molecule has 4 rings (SSSR count). The van der Waals surface area contributed by atoms with Gasteiger partial charge in [-0.25, -0.2) is 9.97 Å². The highest BCUT2D eigenvalue weighted by Crippen LogP contribution is 2.23. The molecule has 0 saturated heterocycles. The van der Waals surface area contributed by atoms with Crippen molar-refractivity contribution in [2.75, 3.05) is 7.11 Å². The number of methoxy groups -OCH3 is 1. The van der Waals surface area contributed by atoms with E-state index in [2.05, 4.69) is 20.1 Å². The summed E-state index contributed by atoms with van der Waals surface area (Å²) in [5, 5.41) is 4.83. The van der Waals surface area contributed by atoms with Gasteiger partial charge in [0.2, 0.25) is 0 Å². The SMILES string of the molecule is COc1ccc(Cn2cc3nc(-c4cccnc4)nc(Cl)c3n2)cc1. The van der Waals surface area contributed by atoms with Crippen molar-refractivity contribution in [3.8, 4) is 17.1 Å². The van der Waals surface area contributed by atoms with Crippen LogP contribution in [0.5, 0.6) is 5.75 Å². The van der Waals surface area contributed by atoms with Crippen molar-refractivity contribution in [1.29, 1.82) is 0 Å². The van der Waals surface area contributed by atoms with Crippen LogP contribution in [-0.4, -0.2) is 31.8 Å². The van der Waals surface area contributed by atoms with Gasteiger partial charge in [0.25, 0.3) is 0 Å². The molecule has 0 unspecified atom stereocenters. The quantitative estimate of drug-likeness (QED) is 0.525. The van der Waals surface area contributed by atoms with Gasteiger partial charge in [0.05, 0.1) is 19.9 Å². The van der Waals surface area contributed by atoms with Crippen molar-refractivity contribution in [3.63, 3.8) is 0 Å². The number of ether oxygens (including phenoxy) is 1. The fraction of sp³-hybridized carbons (Fsp3) is 0.111. The first-order valence-corrected chi connectivity index (χ1v) is 8.05. The molecule has 7 heteroatoms. The van der Waals surface area contributed by atoms with Crippen molar-refractivity contribution in [1.82, 2.24) is 24.7 Å². The van der Waals surface area contributed by atoms with Crippen molar-refractivity contribution in [3.05, 3.63) is 65.7 Å². The summed E-state index contributed by atoms with van der Waals surface area (Å²) in [6.07, 6.45) is 5.28. The molecule has 6 nitrogen and oxygen atoms in total. The number of benzene rings is 1. The summed E-state index contributed by atoms with van der Waals surface area (Å²) >= 11 is 6.30. The molecular formula is C18H14ClN5O. The number of rotatable bonds is 4. The molecule has 0 aliphatic carbocycles. The highest BCUT2D eigenvalue weighted by atomic mass is 35.5. The predicted octanol–water partition coefficient (Wildman–Crippen LogP) is 3.60. The molecule has 0 spiro atoms. The van der Waals surface area contributed by atoms with Gasteiger partial charge in [0.1, 0.15) is 16.8 Å². The van der Waals surface area contributed by atoms with E-state index < -0.39 is 0 Å². The zero-order chi connectivity index (χ0) is 17.2. The van der Waals surface area contributed by atoms with Crippen LogP contribution in [0.4, 0.5) is 0 Å². The fourth-order valence-corrected chi connectivity index (χ4v) is 2.76. The van der Waals surface area contributed by atoms with E-state index in [0.717, 1.165) is 16.9 Å². The maximum Gasteiger partial charge on any atom is 0.163 e. The highest BCUT2D eigenvalue weighted by molar-refractivity contribution is 6.33. The van der Waals surface area contributed by atoms with Gasteiger partial charge in [-0.15, -0.1) is 0 Å². The van der Waals surface area contributed by atoms with E-state index in [-0.39, 0.29) is 0 Å². The Morgan fingerprint density at radius 1 is 1.12 bits per heavy atom. The summed E-state index contributed by atoms with van der Waals surface area (Å²) in [6.45, 7) is 0.610. The van der Waals surface area contributed by atoms with Crippen molar-refractivity contribution in [2.45, 2.75) is 6.54 Å². The molecule has 0 atom stereocenters. The lowest BCUT2D eigenvalue weighted by Crippen LogP contribution is -1.99. The second-order valence-corrected chi connectivity index (χ2v) is 5.85. The topological polar surface area (TPSA) is 65.7 Å². The van der Waals surface area contributed by atoms with Gasteiger partial charge >= 0.3 is 0 Å². The second-order valence-electron chi connectivity index (χ2n) is 5.49. The molecule has 124 valence electrons. The van der Waals surface area contributed by atoms with Gasteiger partial charge in [-0.1, -0.05) is 23.7 Å². The molecule has 4 aromatic rings. The molecule has 3 heterocycles. The van der Waals surface area contributed by atoms with Crippen LogP contribution in [0.3, 0.4) is 0 Å². The van der Waals surface area contributed by atoms with E-state index >= 15 is 0 Å². The van der Waals surface area contributed by atoms with E-state index in [1.807, 2.05) is 42.6 Å². The third kappa shape index (κ3) is 3.16. The monoisotopic (exact) mass is 351 g/mol. The molecule has 3 aromatic heterocycles. The summed E-state index contributed by atoms with van der Waals surface area (Å²) in [7, 11) is 1.65. The molecule has 0 saturated carbocycles.